The molecule has 0 saturated carbocycles. The minimum absolute atomic E-state index is 0.208. The average molecular weight is 611 g/mol. The van der Waals surface area contributed by atoms with Crippen molar-refractivity contribution in [3.05, 3.63) is 71.8 Å². The molecular formula is C34H46N2O8. The third-order valence-corrected chi connectivity index (χ3v) is 7.62. The predicted molar refractivity (Wildman–Crippen MR) is 165 cm³/mol. The van der Waals surface area contributed by atoms with Crippen LogP contribution >= 0.6 is 0 Å². The maximum absolute atomic E-state index is 12.2. The summed E-state index contributed by atoms with van der Waals surface area (Å²) >= 11 is 0. The van der Waals surface area contributed by atoms with E-state index in [1.54, 1.807) is 9.80 Å². The van der Waals surface area contributed by atoms with Gasteiger partial charge in [-0.25, -0.2) is 9.59 Å². The van der Waals surface area contributed by atoms with Crippen molar-refractivity contribution < 1.29 is 38.9 Å². The fourth-order valence-electron chi connectivity index (χ4n) is 5.56. The number of carbonyl (C=O) groups excluding carboxylic acids is 2. The molecule has 0 aliphatic carbocycles. The number of ether oxygens (including phenoxy) is 2. The Morgan fingerprint density at radius 1 is 0.614 bits per heavy atom. The van der Waals surface area contributed by atoms with Gasteiger partial charge in [0.1, 0.15) is 11.2 Å². The maximum Gasteiger partial charge on any atom is 0.410 e. The monoisotopic (exact) mass is 610 g/mol. The van der Waals surface area contributed by atoms with Gasteiger partial charge in [0, 0.05) is 38.0 Å². The van der Waals surface area contributed by atoms with E-state index in [1.807, 2.05) is 102 Å². The SMILES string of the molecule is CC(C)(C)OC(=O)N1CC[C@@H](C(=O)O)[C@H](c2ccccc2)C1.CC(C)(C)OC(=O)N1CC[C@H](C(=O)O)[C@@H](c2ccccc2)C1. The smallest absolute Gasteiger partial charge is 0.410 e. The molecule has 2 saturated heterocycles. The number of carboxylic acids is 2. The van der Waals surface area contributed by atoms with Gasteiger partial charge < -0.3 is 29.5 Å². The Kier molecular flexibility index (Phi) is 11.4. The van der Waals surface area contributed by atoms with Crippen LogP contribution in [0.4, 0.5) is 9.59 Å². The standard InChI is InChI=1S/2C17H23NO4/c2*1-17(2,3)22-16(21)18-10-9-13(15(19)20)14(11-18)12-7-5-4-6-8-12/h2*4-8,13-14H,9-11H2,1-3H3,(H,19,20)/t2*13-,14+/m10/s1. The summed E-state index contributed by atoms with van der Waals surface area (Å²) in [5.41, 5.74) is 0.790. The Hall–Kier alpha value is -4.08. The number of hydrogen-bond acceptors (Lipinski definition) is 6. The number of benzene rings is 2. The van der Waals surface area contributed by atoms with Crippen LogP contribution in [0.2, 0.25) is 0 Å². The molecule has 240 valence electrons. The summed E-state index contributed by atoms with van der Waals surface area (Å²) in [7, 11) is 0. The lowest BCUT2D eigenvalue weighted by atomic mass is 9.81. The van der Waals surface area contributed by atoms with Crippen molar-refractivity contribution >= 4 is 24.1 Å². The number of rotatable bonds is 4. The Morgan fingerprint density at radius 2 is 0.932 bits per heavy atom. The summed E-state index contributed by atoms with van der Waals surface area (Å²) in [6.07, 6.45) is 0.122. The van der Waals surface area contributed by atoms with Crippen molar-refractivity contribution in [1.82, 2.24) is 9.80 Å². The number of piperidine rings is 2. The van der Waals surface area contributed by atoms with Crippen LogP contribution in [-0.4, -0.2) is 81.5 Å². The molecule has 4 rings (SSSR count). The van der Waals surface area contributed by atoms with Gasteiger partial charge in [-0.05, 0) is 65.5 Å². The molecule has 2 amide bonds. The number of carbonyl (C=O) groups is 4. The van der Waals surface area contributed by atoms with Crippen LogP contribution in [0.5, 0.6) is 0 Å². The van der Waals surface area contributed by atoms with Crippen LogP contribution in [0.1, 0.15) is 77.3 Å². The van der Waals surface area contributed by atoms with Gasteiger partial charge in [-0.15, -0.1) is 0 Å². The van der Waals surface area contributed by atoms with E-state index < -0.39 is 35.0 Å². The molecule has 10 heteroatoms. The van der Waals surface area contributed by atoms with E-state index >= 15 is 0 Å². The van der Waals surface area contributed by atoms with E-state index in [4.69, 9.17) is 9.47 Å². The molecule has 0 bridgehead atoms. The van der Waals surface area contributed by atoms with E-state index in [1.165, 1.54) is 0 Å². The molecule has 2 heterocycles. The fraction of sp³-hybridized carbons (Fsp3) is 0.529. The van der Waals surface area contributed by atoms with Gasteiger partial charge in [0.05, 0.1) is 11.8 Å². The summed E-state index contributed by atoms with van der Waals surface area (Å²) in [6.45, 7) is 12.5. The zero-order valence-corrected chi connectivity index (χ0v) is 26.6. The highest BCUT2D eigenvalue weighted by Crippen LogP contribution is 2.34. The first kappa shape index (κ1) is 34.4. The molecule has 0 unspecified atom stereocenters. The minimum atomic E-state index is -0.808. The second kappa shape index (κ2) is 14.6. The zero-order chi connectivity index (χ0) is 32.7. The number of aliphatic carboxylic acids is 2. The van der Waals surface area contributed by atoms with Gasteiger partial charge in [-0.2, -0.15) is 0 Å². The first-order chi connectivity index (χ1) is 20.6. The number of amides is 2. The highest BCUT2D eigenvalue weighted by atomic mass is 16.6. The lowest BCUT2D eigenvalue weighted by Gasteiger charge is -2.37. The summed E-state index contributed by atoms with van der Waals surface area (Å²) in [4.78, 5) is 50.7. The normalized spacial score (nSPS) is 22.2. The van der Waals surface area contributed by atoms with Crippen molar-refractivity contribution in [2.24, 2.45) is 11.8 Å². The van der Waals surface area contributed by atoms with Gasteiger partial charge >= 0.3 is 24.1 Å². The van der Waals surface area contributed by atoms with Crippen molar-refractivity contribution in [2.45, 2.75) is 77.4 Å². The van der Waals surface area contributed by atoms with E-state index in [9.17, 15) is 29.4 Å². The van der Waals surface area contributed by atoms with Crippen LogP contribution in [0, 0.1) is 11.8 Å². The molecule has 0 spiro atoms. The Balaban J connectivity index is 0.000000240. The highest BCUT2D eigenvalue weighted by Gasteiger charge is 2.39. The summed E-state index contributed by atoms with van der Waals surface area (Å²) in [6, 6.07) is 19.0. The second-order valence-corrected chi connectivity index (χ2v) is 13.4. The third-order valence-electron chi connectivity index (χ3n) is 7.62. The summed E-state index contributed by atoms with van der Waals surface area (Å²) < 4.78 is 10.8. The van der Waals surface area contributed by atoms with Crippen LogP contribution in [0.3, 0.4) is 0 Å². The maximum atomic E-state index is 12.2. The van der Waals surface area contributed by atoms with Gasteiger partial charge in [-0.3, -0.25) is 9.59 Å². The largest absolute Gasteiger partial charge is 0.481 e. The molecule has 2 N–H and O–H groups in total. The molecule has 0 aromatic heterocycles. The van der Waals surface area contributed by atoms with Crippen molar-refractivity contribution in [3.8, 4) is 0 Å². The van der Waals surface area contributed by atoms with E-state index in [0.717, 1.165) is 11.1 Å². The van der Waals surface area contributed by atoms with Gasteiger partial charge in [0.25, 0.3) is 0 Å². The topological polar surface area (TPSA) is 134 Å². The molecule has 2 fully saturated rings. The minimum Gasteiger partial charge on any atom is -0.481 e. The molecule has 10 nitrogen and oxygen atoms in total. The predicted octanol–water partition coefficient (Wildman–Crippen LogP) is 6.22. The van der Waals surface area contributed by atoms with Crippen molar-refractivity contribution in [2.75, 3.05) is 26.2 Å². The van der Waals surface area contributed by atoms with Crippen LogP contribution in [0.15, 0.2) is 60.7 Å². The molecule has 44 heavy (non-hydrogen) atoms. The number of hydrogen-bond donors (Lipinski definition) is 2. The fourth-order valence-corrected chi connectivity index (χ4v) is 5.56. The lowest BCUT2D eigenvalue weighted by Crippen LogP contribution is -2.46. The molecular weight excluding hydrogens is 564 g/mol. The Bertz CT molecular complexity index is 1170. The van der Waals surface area contributed by atoms with E-state index in [0.29, 0.717) is 39.0 Å². The van der Waals surface area contributed by atoms with Crippen molar-refractivity contribution in [3.63, 3.8) is 0 Å². The first-order valence-corrected chi connectivity index (χ1v) is 15.1. The molecule has 4 atom stereocenters. The first-order valence-electron chi connectivity index (χ1n) is 15.1. The van der Waals surface area contributed by atoms with Gasteiger partial charge in [-0.1, -0.05) is 60.7 Å². The number of likely N-dealkylation sites (tertiary alicyclic amines) is 2. The third kappa shape index (κ3) is 9.99. The summed E-state index contributed by atoms with van der Waals surface area (Å²) in [5, 5.41) is 18.9. The highest BCUT2D eigenvalue weighted by molar-refractivity contribution is 5.74. The van der Waals surface area contributed by atoms with Crippen LogP contribution in [0.25, 0.3) is 0 Å². The molecule has 0 radical (unpaired) electrons. The van der Waals surface area contributed by atoms with Crippen molar-refractivity contribution in [1.29, 1.82) is 0 Å². The van der Waals surface area contributed by atoms with Gasteiger partial charge in [0.2, 0.25) is 0 Å². The van der Waals surface area contributed by atoms with Crippen LogP contribution < -0.4 is 0 Å². The quantitative estimate of drug-likeness (QED) is 0.417. The number of carboxylic acid groups (broad SMARTS) is 2. The second-order valence-electron chi connectivity index (χ2n) is 13.4. The molecule has 2 aromatic rings. The average Bonchev–Trinajstić information content (AvgIpc) is 2.96. The molecule has 2 aliphatic rings. The van der Waals surface area contributed by atoms with E-state index in [2.05, 4.69) is 0 Å². The molecule has 2 aliphatic heterocycles. The lowest BCUT2D eigenvalue weighted by molar-refractivity contribution is -0.145. The zero-order valence-electron chi connectivity index (χ0n) is 26.6. The summed E-state index contributed by atoms with van der Waals surface area (Å²) in [5.74, 6) is -2.97. The molecule has 2 aromatic carbocycles. The Labute approximate surface area is 259 Å². The number of nitrogens with zero attached hydrogens (tertiary/aromatic N) is 2. The van der Waals surface area contributed by atoms with Crippen LogP contribution in [-0.2, 0) is 19.1 Å². The van der Waals surface area contributed by atoms with Gasteiger partial charge in [0.15, 0.2) is 0 Å². The Morgan fingerprint density at radius 3 is 1.20 bits per heavy atom. The van der Waals surface area contributed by atoms with E-state index in [-0.39, 0.29) is 24.0 Å².